The second-order valence-electron chi connectivity index (χ2n) is 6.38. The third-order valence-electron chi connectivity index (χ3n) is 4.25. The maximum atomic E-state index is 12.3. The summed E-state index contributed by atoms with van der Waals surface area (Å²) in [5.41, 5.74) is 7.50. The Morgan fingerprint density at radius 3 is 3.00 bits per heavy atom. The lowest BCUT2D eigenvalue weighted by Gasteiger charge is -2.15. The monoisotopic (exact) mass is 329 g/mol. The van der Waals surface area contributed by atoms with Crippen molar-refractivity contribution in [2.24, 2.45) is 0 Å². The Balaban J connectivity index is 1.76. The summed E-state index contributed by atoms with van der Waals surface area (Å²) in [5, 5.41) is 5.38. The predicted octanol–water partition coefficient (Wildman–Crippen LogP) is 0.608. The van der Waals surface area contributed by atoms with E-state index in [1.165, 1.54) is 6.33 Å². The molecule has 1 unspecified atom stereocenters. The normalized spacial score (nSPS) is 18.3. The zero-order valence-electron chi connectivity index (χ0n) is 14.3. The van der Waals surface area contributed by atoms with E-state index in [9.17, 15) is 4.79 Å². The molecule has 2 aromatic heterocycles. The SMILES string of the molecule is Cc1nn(C2CCN(C(=O)/C=C/CN(C)C)C2)c2ncnc(N)c12. The van der Waals surface area contributed by atoms with Crippen LogP contribution in [-0.4, -0.2) is 69.2 Å². The van der Waals surface area contributed by atoms with Gasteiger partial charge in [-0.25, -0.2) is 14.6 Å². The van der Waals surface area contributed by atoms with Crippen molar-refractivity contribution in [2.75, 3.05) is 39.5 Å². The second-order valence-corrected chi connectivity index (χ2v) is 6.38. The molecule has 1 aliphatic heterocycles. The van der Waals surface area contributed by atoms with Gasteiger partial charge in [0.05, 0.1) is 17.1 Å². The molecule has 8 nitrogen and oxygen atoms in total. The van der Waals surface area contributed by atoms with E-state index in [0.717, 1.165) is 36.2 Å². The molecule has 2 N–H and O–H groups in total. The molecule has 0 bridgehead atoms. The zero-order chi connectivity index (χ0) is 17.3. The van der Waals surface area contributed by atoms with Gasteiger partial charge in [-0.15, -0.1) is 0 Å². The van der Waals surface area contributed by atoms with Crippen LogP contribution >= 0.6 is 0 Å². The van der Waals surface area contributed by atoms with Crippen molar-refractivity contribution < 1.29 is 4.79 Å². The number of likely N-dealkylation sites (N-methyl/N-ethyl adjacent to an activating group) is 1. The topological polar surface area (TPSA) is 93.2 Å². The summed E-state index contributed by atoms with van der Waals surface area (Å²) in [7, 11) is 3.94. The van der Waals surface area contributed by atoms with Crippen molar-refractivity contribution in [3.8, 4) is 0 Å². The van der Waals surface area contributed by atoms with Crippen LogP contribution in [0.2, 0.25) is 0 Å². The number of carbonyl (C=O) groups is 1. The second kappa shape index (κ2) is 6.56. The van der Waals surface area contributed by atoms with E-state index in [2.05, 4.69) is 15.1 Å². The van der Waals surface area contributed by atoms with Crippen molar-refractivity contribution >= 4 is 22.8 Å². The summed E-state index contributed by atoms with van der Waals surface area (Å²) < 4.78 is 1.89. The Hall–Kier alpha value is -2.48. The number of amides is 1. The number of nitrogens with zero attached hydrogens (tertiary/aromatic N) is 6. The van der Waals surface area contributed by atoms with Gasteiger partial charge in [0, 0.05) is 25.7 Å². The lowest BCUT2D eigenvalue weighted by molar-refractivity contribution is -0.125. The standard InChI is InChI=1S/C16H23N7O/c1-11-14-15(17)18-10-19-16(14)23(20-11)12-6-8-22(9-12)13(24)5-4-7-21(2)3/h4-5,10,12H,6-9H2,1-3H3,(H2,17,18,19)/b5-4+. The van der Waals surface area contributed by atoms with Crippen LogP contribution in [0.3, 0.4) is 0 Å². The highest BCUT2D eigenvalue weighted by atomic mass is 16.2. The summed E-state index contributed by atoms with van der Waals surface area (Å²) in [6.45, 7) is 4.00. The van der Waals surface area contributed by atoms with Crippen LogP contribution in [0.15, 0.2) is 18.5 Å². The molecular formula is C16H23N7O. The van der Waals surface area contributed by atoms with Crippen molar-refractivity contribution in [1.82, 2.24) is 29.5 Å². The smallest absolute Gasteiger partial charge is 0.246 e. The average molecular weight is 329 g/mol. The predicted molar refractivity (Wildman–Crippen MR) is 92.4 cm³/mol. The molecule has 3 rings (SSSR count). The summed E-state index contributed by atoms with van der Waals surface area (Å²) in [5.74, 6) is 0.489. The van der Waals surface area contributed by atoms with E-state index in [0.29, 0.717) is 12.4 Å². The quantitative estimate of drug-likeness (QED) is 0.826. The first-order valence-electron chi connectivity index (χ1n) is 8.03. The van der Waals surface area contributed by atoms with Gasteiger partial charge in [-0.1, -0.05) is 6.08 Å². The van der Waals surface area contributed by atoms with Crippen molar-refractivity contribution in [3.05, 3.63) is 24.2 Å². The van der Waals surface area contributed by atoms with E-state index in [1.807, 2.05) is 41.6 Å². The Morgan fingerprint density at radius 2 is 2.25 bits per heavy atom. The van der Waals surface area contributed by atoms with E-state index in [-0.39, 0.29) is 11.9 Å². The van der Waals surface area contributed by atoms with Crippen LogP contribution < -0.4 is 5.73 Å². The zero-order valence-corrected chi connectivity index (χ0v) is 14.3. The summed E-state index contributed by atoms with van der Waals surface area (Å²) in [6, 6.07) is 0.113. The molecule has 1 saturated heterocycles. The minimum absolute atomic E-state index is 0.0432. The van der Waals surface area contributed by atoms with Crippen LogP contribution in [0.25, 0.3) is 11.0 Å². The number of likely N-dealkylation sites (tertiary alicyclic amines) is 1. The number of hydrogen-bond donors (Lipinski definition) is 1. The van der Waals surface area contributed by atoms with Gasteiger partial charge in [0.1, 0.15) is 12.1 Å². The Bertz CT molecular complexity index is 780. The number of anilines is 1. The number of nitrogens with two attached hydrogens (primary N) is 1. The van der Waals surface area contributed by atoms with Gasteiger partial charge in [-0.2, -0.15) is 5.10 Å². The highest BCUT2D eigenvalue weighted by Crippen LogP contribution is 2.28. The molecular weight excluding hydrogens is 306 g/mol. The molecule has 0 radical (unpaired) electrons. The third kappa shape index (κ3) is 3.09. The van der Waals surface area contributed by atoms with Gasteiger partial charge in [-0.05, 0) is 27.4 Å². The average Bonchev–Trinajstić information content (AvgIpc) is 3.12. The van der Waals surface area contributed by atoms with Crippen LogP contribution in [-0.2, 0) is 4.79 Å². The molecule has 1 amide bonds. The Kier molecular flexibility index (Phi) is 4.48. The molecule has 24 heavy (non-hydrogen) atoms. The number of rotatable bonds is 4. The van der Waals surface area contributed by atoms with Gasteiger partial charge in [-0.3, -0.25) is 4.79 Å². The number of aromatic nitrogens is 4. The fraction of sp³-hybridized carbons (Fsp3) is 0.500. The van der Waals surface area contributed by atoms with E-state index in [4.69, 9.17) is 5.73 Å². The number of hydrogen-bond acceptors (Lipinski definition) is 6. The van der Waals surface area contributed by atoms with E-state index < -0.39 is 0 Å². The van der Waals surface area contributed by atoms with E-state index >= 15 is 0 Å². The van der Waals surface area contributed by atoms with Crippen molar-refractivity contribution in [2.45, 2.75) is 19.4 Å². The Labute approximate surface area is 140 Å². The number of carbonyl (C=O) groups excluding carboxylic acids is 1. The van der Waals surface area contributed by atoms with Gasteiger partial charge in [0.15, 0.2) is 5.65 Å². The molecule has 1 aliphatic rings. The first kappa shape index (κ1) is 16.4. The first-order valence-corrected chi connectivity index (χ1v) is 8.03. The van der Waals surface area contributed by atoms with Crippen molar-refractivity contribution in [1.29, 1.82) is 0 Å². The number of fused-ring (bicyclic) bond motifs is 1. The molecule has 1 atom stereocenters. The van der Waals surface area contributed by atoms with Crippen LogP contribution in [0, 0.1) is 6.92 Å². The van der Waals surface area contributed by atoms with Gasteiger partial charge in [0.25, 0.3) is 0 Å². The van der Waals surface area contributed by atoms with Crippen molar-refractivity contribution in [3.63, 3.8) is 0 Å². The molecule has 8 heteroatoms. The summed E-state index contributed by atoms with van der Waals surface area (Å²) >= 11 is 0. The first-order chi connectivity index (χ1) is 11.5. The number of nitrogen functional groups attached to an aromatic ring is 1. The molecule has 0 aliphatic carbocycles. The largest absolute Gasteiger partial charge is 0.383 e. The highest BCUT2D eigenvalue weighted by Gasteiger charge is 2.29. The lowest BCUT2D eigenvalue weighted by atomic mass is 10.2. The van der Waals surface area contributed by atoms with E-state index in [1.54, 1.807) is 6.08 Å². The Morgan fingerprint density at radius 1 is 1.46 bits per heavy atom. The maximum absolute atomic E-state index is 12.3. The minimum Gasteiger partial charge on any atom is -0.383 e. The molecule has 0 aromatic carbocycles. The van der Waals surface area contributed by atoms with Crippen LogP contribution in [0.4, 0.5) is 5.82 Å². The third-order valence-corrected chi connectivity index (χ3v) is 4.25. The molecule has 2 aromatic rings. The summed E-state index contributed by atoms with van der Waals surface area (Å²) in [6.07, 6.45) is 5.84. The van der Waals surface area contributed by atoms with Gasteiger partial charge >= 0.3 is 0 Å². The summed E-state index contributed by atoms with van der Waals surface area (Å²) in [4.78, 5) is 24.5. The molecule has 1 fully saturated rings. The fourth-order valence-corrected chi connectivity index (χ4v) is 3.04. The highest BCUT2D eigenvalue weighted by molar-refractivity contribution is 5.89. The number of aryl methyl sites for hydroxylation is 1. The maximum Gasteiger partial charge on any atom is 0.246 e. The lowest BCUT2D eigenvalue weighted by Crippen LogP contribution is -2.28. The molecule has 0 spiro atoms. The molecule has 3 heterocycles. The van der Waals surface area contributed by atoms with Gasteiger partial charge < -0.3 is 15.5 Å². The molecule has 0 saturated carbocycles. The van der Waals surface area contributed by atoms with Gasteiger partial charge in [0.2, 0.25) is 5.91 Å². The van der Waals surface area contributed by atoms with Crippen LogP contribution in [0.5, 0.6) is 0 Å². The fourth-order valence-electron chi connectivity index (χ4n) is 3.04. The molecule has 128 valence electrons. The minimum atomic E-state index is 0.0432. The van der Waals surface area contributed by atoms with Crippen LogP contribution in [0.1, 0.15) is 18.2 Å².